The topological polar surface area (TPSA) is 51.8 Å². The van der Waals surface area contributed by atoms with Crippen LogP contribution in [0.1, 0.15) is 23.7 Å². The third-order valence-electron chi connectivity index (χ3n) is 10.8. The van der Waals surface area contributed by atoms with Gasteiger partial charge in [-0.25, -0.2) is 15.0 Å². The third-order valence-corrected chi connectivity index (χ3v) is 10.8. The number of rotatable bonds is 5. The second kappa shape index (κ2) is 11.8. The maximum absolute atomic E-state index is 6.62. The summed E-state index contributed by atoms with van der Waals surface area (Å²) in [6, 6.07) is 53.3. The number of nitrogens with zero attached hydrogens (tertiary/aromatic N) is 3. The van der Waals surface area contributed by atoms with Crippen molar-refractivity contribution in [2.75, 3.05) is 0 Å². The summed E-state index contributed by atoms with van der Waals surface area (Å²) in [6.07, 6.45) is 7.52. The molecule has 0 spiro atoms. The van der Waals surface area contributed by atoms with Crippen LogP contribution in [0.3, 0.4) is 0 Å². The van der Waals surface area contributed by atoms with Crippen molar-refractivity contribution < 1.29 is 4.42 Å². The monoisotopic (exact) mass is 677 g/mol. The number of hydrogen-bond acceptors (Lipinski definition) is 4. The van der Waals surface area contributed by atoms with Crippen LogP contribution in [-0.4, -0.2) is 15.0 Å². The van der Waals surface area contributed by atoms with Crippen molar-refractivity contribution in [3.8, 4) is 56.2 Å². The molecular weight excluding hydrogens is 647 g/mol. The van der Waals surface area contributed by atoms with Crippen LogP contribution >= 0.6 is 0 Å². The van der Waals surface area contributed by atoms with Crippen molar-refractivity contribution in [1.29, 1.82) is 0 Å². The molecule has 0 saturated carbocycles. The molecule has 1 atom stereocenters. The van der Waals surface area contributed by atoms with E-state index in [0.717, 1.165) is 50.9 Å². The molecule has 2 aromatic heterocycles. The molecule has 7 aromatic carbocycles. The van der Waals surface area contributed by atoms with E-state index in [1.807, 2.05) is 30.3 Å². The molecule has 0 radical (unpaired) electrons. The van der Waals surface area contributed by atoms with Crippen molar-refractivity contribution in [2.24, 2.45) is 0 Å². The summed E-state index contributed by atoms with van der Waals surface area (Å²) in [7, 11) is 0. The van der Waals surface area contributed by atoms with Crippen LogP contribution in [0.15, 0.2) is 174 Å². The minimum atomic E-state index is 0.0141. The number of furan rings is 1. The third kappa shape index (κ3) is 4.73. The molecule has 9 aromatic rings. The Balaban J connectivity index is 1.11. The quantitative estimate of drug-likeness (QED) is 0.182. The lowest BCUT2D eigenvalue weighted by Crippen LogP contribution is -2.08. The summed E-state index contributed by atoms with van der Waals surface area (Å²) >= 11 is 0. The average Bonchev–Trinajstić information content (AvgIpc) is 3.79. The molecule has 2 aliphatic carbocycles. The van der Waals surface area contributed by atoms with Gasteiger partial charge in [-0.2, -0.15) is 0 Å². The number of benzene rings is 7. The van der Waals surface area contributed by atoms with E-state index in [1.54, 1.807) is 0 Å². The van der Waals surface area contributed by atoms with Gasteiger partial charge in [-0.05, 0) is 73.8 Å². The fourth-order valence-electron chi connectivity index (χ4n) is 8.37. The van der Waals surface area contributed by atoms with Gasteiger partial charge in [0.1, 0.15) is 17.0 Å². The number of fused-ring (bicyclic) bond motifs is 6. The Labute approximate surface area is 306 Å². The van der Waals surface area contributed by atoms with Gasteiger partial charge in [0.05, 0.1) is 0 Å². The zero-order valence-corrected chi connectivity index (χ0v) is 28.7. The van der Waals surface area contributed by atoms with E-state index in [1.165, 1.54) is 49.7 Å². The first-order valence-electron chi connectivity index (χ1n) is 18.1. The van der Waals surface area contributed by atoms with Gasteiger partial charge in [0.25, 0.3) is 0 Å². The minimum absolute atomic E-state index is 0.0141. The standard InChI is InChI=1S/C49H31N3O/c1-3-12-30(13-4-1)31-24-26-33(27-25-31)48-50-47(32-14-5-2-6-15-32)51-49(52-48)41-21-11-23-43-46(41)45-39(20-10-22-42(45)53-43)36-28-29-40-35-17-8-7-16-34(35)37-18-9-19-38(36)44(37)40/h1-26,28-29,33H,27H2. The molecule has 11 rings (SSSR count). The summed E-state index contributed by atoms with van der Waals surface area (Å²) in [5, 5.41) is 4.60. The molecule has 4 heteroatoms. The summed E-state index contributed by atoms with van der Waals surface area (Å²) in [5.41, 5.74) is 13.4. The largest absolute Gasteiger partial charge is 0.456 e. The number of aromatic nitrogens is 3. The Morgan fingerprint density at radius 2 is 1.00 bits per heavy atom. The van der Waals surface area contributed by atoms with E-state index in [0.29, 0.717) is 11.6 Å². The summed E-state index contributed by atoms with van der Waals surface area (Å²) in [4.78, 5) is 15.5. The summed E-state index contributed by atoms with van der Waals surface area (Å²) < 4.78 is 6.62. The van der Waals surface area contributed by atoms with Crippen LogP contribution in [0.4, 0.5) is 0 Å². The average molecular weight is 678 g/mol. The highest BCUT2D eigenvalue weighted by molar-refractivity contribution is 6.23. The lowest BCUT2D eigenvalue weighted by Gasteiger charge is -2.17. The highest BCUT2D eigenvalue weighted by Gasteiger charge is 2.25. The molecule has 0 fully saturated rings. The summed E-state index contributed by atoms with van der Waals surface area (Å²) in [5.74, 6) is 2.07. The molecule has 4 nitrogen and oxygen atoms in total. The fraction of sp³-hybridized carbons (Fsp3) is 0.0408. The van der Waals surface area contributed by atoms with Gasteiger partial charge in [0, 0.05) is 27.8 Å². The maximum atomic E-state index is 6.62. The molecule has 2 heterocycles. The van der Waals surface area contributed by atoms with E-state index >= 15 is 0 Å². The van der Waals surface area contributed by atoms with Crippen LogP contribution in [0.25, 0.3) is 94.4 Å². The van der Waals surface area contributed by atoms with Crippen molar-refractivity contribution in [3.05, 3.63) is 181 Å². The van der Waals surface area contributed by atoms with Gasteiger partial charge in [-0.3, -0.25) is 0 Å². The van der Waals surface area contributed by atoms with Gasteiger partial charge in [0.2, 0.25) is 0 Å². The van der Waals surface area contributed by atoms with Crippen LogP contribution < -0.4 is 0 Å². The Morgan fingerprint density at radius 3 is 1.72 bits per heavy atom. The van der Waals surface area contributed by atoms with E-state index in [-0.39, 0.29) is 5.92 Å². The molecule has 0 aliphatic heterocycles. The second-order valence-corrected chi connectivity index (χ2v) is 13.8. The Hall–Kier alpha value is -6.91. The molecule has 0 saturated heterocycles. The minimum Gasteiger partial charge on any atom is -0.456 e. The molecule has 0 N–H and O–H groups in total. The zero-order chi connectivity index (χ0) is 34.9. The van der Waals surface area contributed by atoms with Crippen molar-refractivity contribution >= 4 is 38.3 Å². The van der Waals surface area contributed by atoms with Crippen LogP contribution in [0, 0.1) is 0 Å². The van der Waals surface area contributed by atoms with E-state index < -0.39 is 0 Å². The molecular formula is C49H31N3O. The van der Waals surface area contributed by atoms with E-state index in [9.17, 15) is 0 Å². The van der Waals surface area contributed by atoms with Crippen LogP contribution in [0.2, 0.25) is 0 Å². The Kier molecular flexibility index (Phi) is 6.65. The van der Waals surface area contributed by atoms with Crippen molar-refractivity contribution in [2.45, 2.75) is 12.3 Å². The predicted molar refractivity (Wildman–Crippen MR) is 216 cm³/mol. The van der Waals surface area contributed by atoms with Gasteiger partial charge in [0.15, 0.2) is 11.6 Å². The Morgan fingerprint density at radius 1 is 0.434 bits per heavy atom. The SMILES string of the molecule is C1=CC(c2nc(-c3ccccc3)nc(-c3cccc4oc5cccc(-c6ccc7c8c(cccc68)-c6ccccc6-7)c5c34)n2)CC=C1c1ccccc1. The summed E-state index contributed by atoms with van der Waals surface area (Å²) in [6.45, 7) is 0. The van der Waals surface area contributed by atoms with Crippen molar-refractivity contribution in [1.82, 2.24) is 15.0 Å². The van der Waals surface area contributed by atoms with Gasteiger partial charge in [-0.1, -0.05) is 158 Å². The van der Waals surface area contributed by atoms with Crippen molar-refractivity contribution in [3.63, 3.8) is 0 Å². The van der Waals surface area contributed by atoms with E-state index in [4.69, 9.17) is 19.4 Å². The second-order valence-electron chi connectivity index (χ2n) is 13.8. The first-order chi connectivity index (χ1) is 26.3. The Bertz CT molecular complexity index is 2950. The van der Waals surface area contributed by atoms with Crippen LogP contribution in [-0.2, 0) is 0 Å². The predicted octanol–water partition coefficient (Wildman–Crippen LogP) is 12.7. The normalized spacial score (nSPS) is 14.6. The molecule has 1 unspecified atom stereocenters. The molecule has 53 heavy (non-hydrogen) atoms. The number of hydrogen-bond donors (Lipinski definition) is 0. The van der Waals surface area contributed by atoms with E-state index in [2.05, 4.69) is 140 Å². The molecule has 2 aliphatic rings. The molecule has 0 bridgehead atoms. The van der Waals surface area contributed by atoms with Gasteiger partial charge >= 0.3 is 0 Å². The lowest BCUT2D eigenvalue weighted by atomic mass is 9.91. The highest BCUT2D eigenvalue weighted by atomic mass is 16.3. The first kappa shape index (κ1) is 29.8. The smallest absolute Gasteiger partial charge is 0.164 e. The first-order valence-corrected chi connectivity index (χ1v) is 18.1. The van der Waals surface area contributed by atoms with Gasteiger partial charge < -0.3 is 4.42 Å². The highest BCUT2D eigenvalue weighted by Crippen LogP contribution is 2.50. The fourth-order valence-corrected chi connectivity index (χ4v) is 8.37. The zero-order valence-electron chi connectivity index (χ0n) is 28.7. The molecule has 248 valence electrons. The maximum Gasteiger partial charge on any atom is 0.164 e. The lowest BCUT2D eigenvalue weighted by molar-refractivity contribution is 0.669. The molecule has 0 amide bonds. The van der Waals surface area contributed by atoms with Gasteiger partial charge in [-0.15, -0.1) is 0 Å². The van der Waals surface area contributed by atoms with Crippen LogP contribution in [0.5, 0.6) is 0 Å². The number of allylic oxidation sites excluding steroid dienone is 4.